The highest BCUT2D eigenvalue weighted by atomic mass is 16.3. The highest BCUT2D eigenvalue weighted by Crippen LogP contribution is 2.13. The Bertz CT molecular complexity index is 491. The predicted octanol–water partition coefficient (Wildman–Crippen LogP) is 3.74. The van der Waals surface area contributed by atoms with Crippen molar-refractivity contribution in [1.82, 2.24) is 4.98 Å². The minimum absolute atomic E-state index is 0.198. The highest BCUT2D eigenvalue weighted by Gasteiger charge is 1.97. The van der Waals surface area contributed by atoms with E-state index in [1.54, 1.807) is 6.07 Å². The molecule has 3 nitrogen and oxygen atoms in total. The van der Waals surface area contributed by atoms with Gasteiger partial charge in [-0.2, -0.15) is 0 Å². The minimum Gasteiger partial charge on any atom is -0.506 e. The maximum Gasteiger partial charge on any atom is 0.133 e. The van der Waals surface area contributed by atoms with Gasteiger partial charge >= 0.3 is 0 Å². The molecule has 0 fully saturated rings. The van der Waals surface area contributed by atoms with E-state index in [0.29, 0.717) is 6.54 Å². The molecule has 0 aliphatic heterocycles. The molecule has 1 heterocycles. The SMILES string of the molecule is CCCCc1ccc(NCc2ccc(O)cn2)cc1. The van der Waals surface area contributed by atoms with E-state index >= 15 is 0 Å². The largest absolute Gasteiger partial charge is 0.506 e. The van der Waals surface area contributed by atoms with Crippen LogP contribution in [-0.2, 0) is 13.0 Å². The average Bonchev–Trinajstić information content (AvgIpc) is 2.46. The Morgan fingerprint density at radius 2 is 1.89 bits per heavy atom. The highest BCUT2D eigenvalue weighted by molar-refractivity contribution is 5.44. The summed E-state index contributed by atoms with van der Waals surface area (Å²) in [4.78, 5) is 4.14. The van der Waals surface area contributed by atoms with Crippen LogP contribution in [0.3, 0.4) is 0 Å². The maximum atomic E-state index is 9.16. The van der Waals surface area contributed by atoms with E-state index in [2.05, 4.69) is 41.5 Å². The van der Waals surface area contributed by atoms with Crippen molar-refractivity contribution in [3.63, 3.8) is 0 Å². The number of nitrogens with one attached hydrogen (secondary N) is 1. The Morgan fingerprint density at radius 3 is 2.53 bits per heavy atom. The molecule has 0 spiro atoms. The first-order chi connectivity index (χ1) is 9.28. The fourth-order valence-corrected chi connectivity index (χ4v) is 1.88. The average molecular weight is 256 g/mol. The fraction of sp³-hybridized carbons (Fsp3) is 0.312. The summed E-state index contributed by atoms with van der Waals surface area (Å²) in [6.45, 7) is 2.87. The molecular weight excluding hydrogens is 236 g/mol. The van der Waals surface area contributed by atoms with E-state index in [4.69, 9.17) is 5.11 Å². The second-order valence-electron chi connectivity index (χ2n) is 4.66. The Balaban J connectivity index is 1.87. The molecule has 0 unspecified atom stereocenters. The van der Waals surface area contributed by atoms with Gasteiger partial charge in [0.15, 0.2) is 0 Å². The molecule has 0 bridgehead atoms. The number of aromatic hydroxyl groups is 1. The van der Waals surface area contributed by atoms with Crippen LogP contribution in [0.15, 0.2) is 42.6 Å². The molecule has 1 aromatic heterocycles. The van der Waals surface area contributed by atoms with Crippen molar-refractivity contribution in [3.05, 3.63) is 53.9 Å². The molecule has 0 atom stereocenters. The van der Waals surface area contributed by atoms with Crippen LogP contribution in [0.1, 0.15) is 31.0 Å². The van der Waals surface area contributed by atoms with Crippen LogP contribution in [-0.4, -0.2) is 10.1 Å². The van der Waals surface area contributed by atoms with Crippen molar-refractivity contribution in [3.8, 4) is 5.75 Å². The zero-order valence-electron chi connectivity index (χ0n) is 11.3. The second kappa shape index (κ2) is 6.78. The predicted molar refractivity (Wildman–Crippen MR) is 78.3 cm³/mol. The first-order valence-electron chi connectivity index (χ1n) is 6.74. The van der Waals surface area contributed by atoms with Gasteiger partial charge in [-0.15, -0.1) is 0 Å². The van der Waals surface area contributed by atoms with Gasteiger partial charge < -0.3 is 10.4 Å². The molecule has 0 aliphatic rings. The number of nitrogens with zero attached hydrogens (tertiary/aromatic N) is 1. The van der Waals surface area contributed by atoms with Crippen molar-refractivity contribution in [1.29, 1.82) is 0 Å². The Labute approximate surface area is 114 Å². The smallest absolute Gasteiger partial charge is 0.133 e. The molecule has 19 heavy (non-hydrogen) atoms. The van der Waals surface area contributed by atoms with Gasteiger partial charge in [0, 0.05) is 5.69 Å². The van der Waals surface area contributed by atoms with Crippen LogP contribution < -0.4 is 5.32 Å². The molecule has 1 aromatic carbocycles. The molecule has 0 saturated carbocycles. The zero-order chi connectivity index (χ0) is 13.5. The number of pyridine rings is 1. The molecule has 0 radical (unpaired) electrons. The number of unbranched alkanes of at least 4 members (excludes halogenated alkanes) is 1. The Hall–Kier alpha value is -2.03. The summed E-state index contributed by atoms with van der Waals surface area (Å²) >= 11 is 0. The molecule has 0 aliphatic carbocycles. The lowest BCUT2D eigenvalue weighted by Gasteiger charge is -2.07. The topological polar surface area (TPSA) is 45.1 Å². The summed E-state index contributed by atoms with van der Waals surface area (Å²) in [5, 5.41) is 12.5. The molecule has 100 valence electrons. The molecule has 0 amide bonds. The van der Waals surface area contributed by atoms with Crippen molar-refractivity contribution in [2.75, 3.05) is 5.32 Å². The fourth-order valence-electron chi connectivity index (χ4n) is 1.88. The molecule has 2 rings (SSSR count). The lowest BCUT2D eigenvalue weighted by Crippen LogP contribution is -2.01. The van der Waals surface area contributed by atoms with E-state index in [9.17, 15) is 0 Å². The number of hydrogen-bond donors (Lipinski definition) is 2. The summed E-state index contributed by atoms with van der Waals surface area (Å²) < 4.78 is 0. The van der Waals surface area contributed by atoms with E-state index < -0.39 is 0 Å². The Morgan fingerprint density at radius 1 is 1.11 bits per heavy atom. The van der Waals surface area contributed by atoms with Crippen molar-refractivity contribution >= 4 is 5.69 Å². The van der Waals surface area contributed by atoms with Crippen LogP contribution in [0.25, 0.3) is 0 Å². The summed E-state index contributed by atoms with van der Waals surface area (Å²) in [7, 11) is 0. The molecule has 2 N–H and O–H groups in total. The molecule has 2 aromatic rings. The number of hydrogen-bond acceptors (Lipinski definition) is 3. The lowest BCUT2D eigenvalue weighted by molar-refractivity contribution is 0.472. The quantitative estimate of drug-likeness (QED) is 0.827. The third kappa shape index (κ3) is 4.28. The first kappa shape index (κ1) is 13.4. The minimum atomic E-state index is 0.198. The number of benzene rings is 1. The first-order valence-corrected chi connectivity index (χ1v) is 6.74. The normalized spacial score (nSPS) is 10.4. The van der Waals surface area contributed by atoms with Crippen molar-refractivity contribution in [2.24, 2.45) is 0 Å². The van der Waals surface area contributed by atoms with E-state index in [0.717, 1.165) is 17.8 Å². The van der Waals surface area contributed by atoms with E-state index in [1.807, 2.05) is 6.07 Å². The molecule has 0 saturated heterocycles. The molecular formula is C16H20N2O. The monoisotopic (exact) mass is 256 g/mol. The number of rotatable bonds is 6. The number of aromatic nitrogens is 1. The zero-order valence-corrected chi connectivity index (χ0v) is 11.3. The van der Waals surface area contributed by atoms with Gasteiger partial charge in [0.1, 0.15) is 5.75 Å². The molecule has 3 heteroatoms. The second-order valence-corrected chi connectivity index (χ2v) is 4.66. The van der Waals surface area contributed by atoms with Gasteiger partial charge in [0.25, 0.3) is 0 Å². The Kier molecular flexibility index (Phi) is 4.78. The summed E-state index contributed by atoms with van der Waals surface area (Å²) in [5.74, 6) is 0.198. The van der Waals surface area contributed by atoms with Crippen LogP contribution in [0, 0.1) is 0 Å². The van der Waals surface area contributed by atoms with Gasteiger partial charge in [-0.05, 0) is 42.7 Å². The van der Waals surface area contributed by atoms with Crippen molar-refractivity contribution in [2.45, 2.75) is 32.7 Å². The number of aryl methyl sites for hydroxylation is 1. The van der Waals surface area contributed by atoms with Crippen LogP contribution in [0.5, 0.6) is 5.75 Å². The van der Waals surface area contributed by atoms with Crippen LogP contribution in [0.2, 0.25) is 0 Å². The standard InChI is InChI=1S/C16H20N2O/c1-2-3-4-13-5-7-14(8-6-13)17-11-15-9-10-16(19)12-18-15/h5-10,12,17,19H,2-4,11H2,1H3. The maximum absolute atomic E-state index is 9.16. The van der Waals surface area contributed by atoms with Crippen LogP contribution >= 0.6 is 0 Å². The summed E-state index contributed by atoms with van der Waals surface area (Å²) in [6.07, 6.45) is 5.08. The van der Waals surface area contributed by atoms with Gasteiger partial charge in [-0.1, -0.05) is 25.5 Å². The van der Waals surface area contributed by atoms with Gasteiger partial charge in [-0.3, -0.25) is 4.98 Å². The summed E-state index contributed by atoms with van der Waals surface area (Å²) in [5.41, 5.74) is 3.39. The van der Waals surface area contributed by atoms with Gasteiger partial charge in [0.2, 0.25) is 0 Å². The van der Waals surface area contributed by atoms with E-state index in [1.165, 1.54) is 24.6 Å². The number of anilines is 1. The third-order valence-electron chi connectivity index (χ3n) is 3.06. The van der Waals surface area contributed by atoms with Crippen molar-refractivity contribution < 1.29 is 5.11 Å². The van der Waals surface area contributed by atoms with Gasteiger partial charge in [-0.25, -0.2) is 0 Å². The third-order valence-corrected chi connectivity index (χ3v) is 3.06. The van der Waals surface area contributed by atoms with E-state index in [-0.39, 0.29) is 5.75 Å². The summed E-state index contributed by atoms with van der Waals surface area (Å²) in [6, 6.07) is 12.0. The van der Waals surface area contributed by atoms with Crippen LogP contribution in [0.4, 0.5) is 5.69 Å². The van der Waals surface area contributed by atoms with Gasteiger partial charge in [0.05, 0.1) is 18.4 Å². The lowest BCUT2D eigenvalue weighted by atomic mass is 10.1.